The Kier molecular flexibility index (Phi) is 6.24. The smallest absolute Gasteiger partial charge is 0.164 e. The lowest BCUT2D eigenvalue weighted by Crippen LogP contribution is -2.18. The Balaban J connectivity index is 1.26. The normalized spacial score (nSPS) is 12.3. The number of anilines is 3. The summed E-state index contributed by atoms with van der Waals surface area (Å²) < 4.78 is 9.22. The first-order valence-electron chi connectivity index (χ1n) is 18.5. The average molecular weight is 704 g/mol. The molecule has 0 unspecified atom stereocenters. The second-order valence-corrected chi connectivity index (χ2v) is 14.0. The monoisotopic (exact) mass is 703 g/mol. The van der Waals surface area contributed by atoms with E-state index in [1.807, 2.05) is 66.7 Å². The van der Waals surface area contributed by atoms with Crippen LogP contribution in [0.4, 0.5) is 17.1 Å². The van der Waals surface area contributed by atoms with E-state index in [1.165, 1.54) is 5.39 Å². The molecule has 0 saturated heterocycles. The van der Waals surface area contributed by atoms with Gasteiger partial charge in [0.1, 0.15) is 11.2 Å². The molecule has 0 atom stereocenters. The summed E-state index contributed by atoms with van der Waals surface area (Å²) in [4.78, 5) is 17.8. The maximum absolute atomic E-state index is 6.79. The van der Waals surface area contributed by atoms with Gasteiger partial charge in [0.15, 0.2) is 17.5 Å². The molecule has 1 aliphatic rings. The molecule has 256 valence electrons. The molecule has 4 heterocycles. The Labute approximate surface area is 315 Å². The van der Waals surface area contributed by atoms with Crippen molar-refractivity contribution in [1.82, 2.24) is 19.5 Å². The number of hydrogen-bond acceptors (Lipinski definition) is 5. The van der Waals surface area contributed by atoms with Crippen LogP contribution in [0.25, 0.3) is 94.4 Å². The van der Waals surface area contributed by atoms with Gasteiger partial charge in [-0.2, -0.15) is 0 Å². The number of fused-ring (bicyclic) bond motifs is 11. The van der Waals surface area contributed by atoms with Crippen LogP contribution in [0, 0.1) is 0 Å². The molecular formula is C49H29N5O. The SMILES string of the molecule is c1ccc(-c2nc(-c3ccccc3)nc(-c3cc4c5c(c3)c3c6oc7ccccc7c6ccc3n5-c3ccc5ccccc5c3N4c3ccccc3)n2)cc1. The van der Waals surface area contributed by atoms with Crippen LogP contribution in [-0.2, 0) is 0 Å². The fourth-order valence-electron chi connectivity index (χ4n) is 8.50. The number of para-hydroxylation sites is 2. The number of hydrogen-bond donors (Lipinski definition) is 0. The van der Waals surface area contributed by atoms with Crippen molar-refractivity contribution in [3.05, 3.63) is 176 Å². The molecule has 11 aromatic rings. The third-order valence-electron chi connectivity index (χ3n) is 10.9. The maximum Gasteiger partial charge on any atom is 0.164 e. The number of rotatable bonds is 4. The van der Waals surface area contributed by atoms with Crippen molar-refractivity contribution >= 4 is 71.6 Å². The van der Waals surface area contributed by atoms with E-state index in [2.05, 4.69) is 119 Å². The minimum absolute atomic E-state index is 0.597. The molecule has 1 aliphatic heterocycles. The minimum atomic E-state index is 0.597. The molecule has 8 aromatic carbocycles. The predicted octanol–water partition coefficient (Wildman–Crippen LogP) is 12.8. The Morgan fingerprint density at radius 2 is 1.05 bits per heavy atom. The molecule has 0 spiro atoms. The van der Waals surface area contributed by atoms with Crippen LogP contribution in [0.3, 0.4) is 0 Å². The summed E-state index contributed by atoms with van der Waals surface area (Å²) in [6.45, 7) is 0. The molecule has 0 amide bonds. The molecule has 6 nitrogen and oxygen atoms in total. The van der Waals surface area contributed by atoms with Gasteiger partial charge in [0.25, 0.3) is 0 Å². The summed E-state index contributed by atoms with van der Waals surface area (Å²) in [6, 6.07) is 61.3. The van der Waals surface area contributed by atoms with Crippen LogP contribution in [0.1, 0.15) is 0 Å². The van der Waals surface area contributed by atoms with Gasteiger partial charge < -0.3 is 13.9 Å². The zero-order valence-electron chi connectivity index (χ0n) is 29.4. The van der Waals surface area contributed by atoms with E-state index in [1.54, 1.807) is 0 Å². The van der Waals surface area contributed by atoms with Crippen molar-refractivity contribution < 1.29 is 4.42 Å². The first kappa shape index (κ1) is 29.9. The summed E-state index contributed by atoms with van der Waals surface area (Å²) >= 11 is 0. The van der Waals surface area contributed by atoms with Gasteiger partial charge in [-0.15, -0.1) is 0 Å². The van der Waals surface area contributed by atoms with Crippen molar-refractivity contribution in [1.29, 1.82) is 0 Å². The topological polar surface area (TPSA) is 60.0 Å². The third-order valence-corrected chi connectivity index (χ3v) is 10.9. The highest BCUT2D eigenvalue weighted by Crippen LogP contribution is 2.54. The highest BCUT2D eigenvalue weighted by atomic mass is 16.3. The lowest BCUT2D eigenvalue weighted by Gasteiger charge is -2.34. The molecule has 6 heteroatoms. The highest BCUT2D eigenvalue weighted by Gasteiger charge is 2.32. The standard InChI is InChI=1S/C49H29N5O/c1-4-15-31(16-5-1)47-50-48(32-17-6-2-7-18-32)52-49(51-47)33-28-38-43-39(27-25-37-36-22-12-13-23-42(36)55-46(37)43)54-40-26-24-30-14-10-11-21-35(30)44(40)53(41(29-33)45(38)54)34-19-8-3-9-20-34/h1-29H. The van der Waals surface area contributed by atoms with Crippen molar-refractivity contribution in [2.75, 3.05) is 4.90 Å². The average Bonchev–Trinajstić information content (AvgIpc) is 3.81. The van der Waals surface area contributed by atoms with Gasteiger partial charge in [-0.1, -0.05) is 127 Å². The largest absolute Gasteiger partial charge is 0.455 e. The van der Waals surface area contributed by atoms with E-state index in [0.29, 0.717) is 17.5 Å². The zero-order valence-corrected chi connectivity index (χ0v) is 29.4. The second-order valence-electron chi connectivity index (χ2n) is 14.0. The summed E-state index contributed by atoms with van der Waals surface area (Å²) in [6.07, 6.45) is 0. The molecular weight excluding hydrogens is 675 g/mol. The quantitative estimate of drug-likeness (QED) is 0.183. The van der Waals surface area contributed by atoms with Gasteiger partial charge in [0.2, 0.25) is 0 Å². The molecule has 0 bridgehead atoms. The predicted molar refractivity (Wildman–Crippen MR) is 223 cm³/mol. The molecule has 0 radical (unpaired) electrons. The number of furan rings is 1. The fourth-order valence-corrected chi connectivity index (χ4v) is 8.50. The zero-order chi connectivity index (χ0) is 36.0. The highest BCUT2D eigenvalue weighted by molar-refractivity contribution is 6.28. The molecule has 0 N–H and O–H groups in total. The number of aromatic nitrogens is 4. The van der Waals surface area contributed by atoms with Crippen molar-refractivity contribution in [3.8, 4) is 39.9 Å². The van der Waals surface area contributed by atoms with E-state index in [-0.39, 0.29) is 0 Å². The van der Waals surface area contributed by atoms with Crippen molar-refractivity contribution in [2.45, 2.75) is 0 Å². The van der Waals surface area contributed by atoms with Gasteiger partial charge >= 0.3 is 0 Å². The van der Waals surface area contributed by atoms with Crippen LogP contribution >= 0.6 is 0 Å². The Hall–Kier alpha value is -7.57. The van der Waals surface area contributed by atoms with Crippen LogP contribution < -0.4 is 4.90 Å². The van der Waals surface area contributed by atoms with Gasteiger partial charge in [-0.25, -0.2) is 15.0 Å². The van der Waals surface area contributed by atoms with Gasteiger partial charge in [0.05, 0.1) is 33.5 Å². The van der Waals surface area contributed by atoms with Crippen LogP contribution in [0.15, 0.2) is 180 Å². The summed E-state index contributed by atoms with van der Waals surface area (Å²) in [5.41, 5.74) is 11.0. The van der Waals surface area contributed by atoms with Crippen molar-refractivity contribution in [3.63, 3.8) is 0 Å². The van der Waals surface area contributed by atoms with E-state index >= 15 is 0 Å². The van der Waals surface area contributed by atoms with E-state index < -0.39 is 0 Å². The van der Waals surface area contributed by atoms with Gasteiger partial charge in [0, 0.05) is 43.9 Å². The van der Waals surface area contributed by atoms with E-state index in [0.717, 1.165) is 88.6 Å². The maximum atomic E-state index is 6.79. The summed E-state index contributed by atoms with van der Waals surface area (Å²) in [5, 5.41) is 6.65. The minimum Gasteiger partial charge on any atom is -0.455 e. The number of benzene rings is 8. The third kappa shape index (κ3) is 4.39. The Morgan fingerprint density at radius 3 is 1.78 bits per heavy atom. The second kappa shape index (κ2) is 11.5. The molecule has 12 rings (SSSR count). The Bertz CT molecular complexity index is 3260. The van der Waals surface area contributed by atoms with Crippen molar-refractivity contribution in [2.24, 2.45) is 0 Å². The molecule has 55 heavy (non-hydrogen) atoms. The van der Waals surface area contributed by atoms with Crippen LogP contribution in [0.2, 0.25) is 0 Å². The lowest BCUT2D eigenvalue weighted by molar-refractivity contribution is 0.673. The molecule has 0 saturated carbocycles. The Morgan fingerprint density at radius 1 is 0.436 bits per heavy atom. The van der Waals surface area contributed by atoms with Gasteiger partial charge in [-0.3, -0.25) is 0 Å². The van der Waals surface area contributed by atoms with Gasteiger partial charge in [-0.05, 0) is 53.9 Å². The molecule has 3 aromatic heterocycles. The van der Waals surface area contributed by atoms with Crippen LogP contribution in [0.5, 0.6) is 0 Å². The molecule has 0 aliphatic carbocycles. The summed E-state index contributed by atoms with van der Waals surface area (Å²) in [7, 11) is 0. The first-order valence-corrected chi connectivity index (χ1v) is 18.5. The lowest BCUT2D eigenvalue weighted by atomic mass is 10.00. The molecule has 0 fully saturated rings. The number of nitrogens with zero attached hydrogens (tertiary/aromatic N) is 5. The van der Waals surface area contributed by atoms with E-state index in [4.69, 9.17) is 19.4 Å². The summed E-state index contributed by atoms with van der Waals surface area (Å²) in [5.74, 6) is 1.84. The van der Waals surface area contributed by atoms with Crippen LogP contribution in [-0.4, -0.2) is 19.5 Å². The van der Waals surface area contributed by atoms with E-state index in [9.17, 15) is 0 Å². The fraction of sp³-hybridized carbons (Fsp3) is 0. The first-order chi connectivity index (χ1) is 27.3.